The van der Waals surface area contributed by atoms with Crippen molar-refractivity contribution >= 4 is 27.6 Å². The first kappa shape index (κ1) is 22.4. The van der Waals surface area contributed by atoms with E-state index in [4.69, 9.17) is 9.97 Å². The van der Waals surface area contributed by atoms with Gasteiger partial charge in [0.2, 0.25) is 0 Å². The highest BCUT2D eigenvalue weighted by Gasteiger charge is 2.17. The smallest absolute Gasteiger partial charge is 0.161 e. The highest BCUT2D eigenvalue weighted by atomic mass is 15.2. The molecular formula is C27H26N8. The lowest BCUT2D eigenvalue weighted by Gasteiger charge is -2.11. The van der Waals surface area contributed by atoms with Crippen molar-refractivity contribution in [2.75, 3.05) is 20.6 Å². The summed E-state index contributed by atoms with van der Waals surface area (Å²) >= 11 is 0. The molecule has 0 bridgehead atoms. The minimum absolute atomic E-state index is 0.631. The molecule has 0 fully saturated rings. The molecule has 2 N–H and O–H groups in total. The second kappa shape index (κ2) is 9.44. The third-order valence-corrected chi connectivity index (χ3v) is 5.71. The van der Waals surface area contributed by atoms with E-state index in [0.717, 1.165) is 56.6 Å². The summed E-state index contributed by atoms with van der Waals surface area (Å²) in [6, 6.07) is 7.89. The quantitative estimate of drug-likeness (QED) is 0.329. The normalized spacial score (nSPS) is 12.7. The third kappa shape index (κ3) is 4.39. The Morgan fingerprint density at radius 1 is 1.03 bits per heavy atom. The predicted octanol–water partition coefficient (Wildman–Crippen LogP) is 5.04. The molecule has 5 aromatic rings. The number of rotatable bonds is 7. The number of allylic oxidation sites excluding steroid dienone is 3. The Morgan fingerprint density at radius 2 is 1.91 bits per heavy atom. The minimum Gasteiger partial charge on any atom is -0.335 e. The molecule has 0 saturated heterocycles. The molecule has 0 unspecified atom stereocenters. The van der Waals surface area contributed by atoms with Crippen molar-refractivity contribution in [3.63, 3.8) is 0 Å². The number of hydrogen-bond acceptors (Lipinski definition) is 6. The molecular weight excluding hydrogens is 436 g/mol. The molecule has 0 spiro atoms. The van der Waals surface area contributed by atoms with Gasteiger partial charge in [-0.3, -0.25) is 15.1 Å². The Labute approximate surface area is 203 Å². The molecule has 0 atom stereocenters. The number of H-pyrrole nitrogens is 2. The van der Waals surface area contributed by atoms with E-state index >= 15 is 0 Å². The van der Waals surface area contributed by atoms with Gasteiger partial charge in [0.15, 0.2) is 11.5 Å². The summed E-state index contributed by atoms with van der Waals surface area (Å²) in [5.74, 6) is 0.631. The number of fused-ring (bicyclic) bond motifs is 2. The summed E-state index contributed by atoms with van der Waals surface area (Å²) < 4.78 is 0. The second-order valence-electron chi connectivity index (χ2n) is 8.48. The Morgan fingerprint density at radius 3 is 2.66 bits per heavy atom. The zero-order valence-electron chi connectivity index (χ0n) is 19.9. The van der Waals surface area contributed by atoms with Crippen LogP contribution < -0.4 is 0 Å². The fourth-order valence-electron chi connectivity index (χ4n) is 4.04. The zero-order valence-corrected chi connectivity index (χ0v) is 19.9. The van der Waals surface area contributed by atoms with Gasteiger partial charge in [-0.05, 0) is 56.4 Å². The van der Waals surface area contributed by atoms with Gasteiger partial charge in [0, 0.05) is 36.3 Å². The van der Waals surface area contributed by atoms with Crippen LogP contribution in [0.5, 0.6) is 0 Å². The lowest BCUT2D eigenvalue weighted by Crippen LogP contribution is -2.14. The van der Waals surface area contributed by atoms with E-state index in [1.165, 1.54) is 0 Å². The maximum absolute atomic E-state index is 4.96. The molecule has 8 heteroatoms. The number of nitrogens with one attached hydrogen (secondary N) is 2. The molecule has 0 aliphatic heterocycles. The molecule has 8 nitrogen and oxygen atoms in total. The third-order valence-electron chi connectivity index (χ3n) is 5.71. The van der Waals surface area contributed by atoms with E-state index in [-0.39, 0.29) is 0 Å². The van der Waals surface area contributed by atoms with Gasteiger partial charge in [-0.15, -0.1) is 0 Å². The van der Waals surface area contributed by atoms with E-state index in [1.807, 2.05) is 57.6 Å². The van der Waals surface area contributed by atoms with E-state index < -0.39 is 0 Å². The van der Waals surface area contributed by atoms with Crippen LogP contribution >= 0.6 is 0 Å². The fraction of sp³-hybridized carbons (Fsp3) is 0.148. The lowest BCUT2D eigenvalue weighted by atomic mass is 10.1. The summed E-state index contributed by atoms with van der Waals surface area (Å²) in [6.07, 6.45) is 13.2. The first-order valence-corrected chi connectivity index (χ1v) is 11.3. The van der Waals surface area contributed by atoms with Crippen LogP contribution in [0, 0.1) is 0 Å². The van der Waals surface area contributed by atoms with Crippen LogP contribution in [0.1, 0.15) is 12.6 Å². The number of aromatic nitrogens is 7. The summed E-state index contributed by atoms with van der Waals surface area (Å²) in [6.45, 7) is 6.77. The molecule has 0 aliphatic rings. The molecule has 5 heterocycles. The minimum atomic E-state index is 0.631. The summed E-state index contributed by atoms with van der Waals surface area (Å²) in [5.41, 5.74) is 8.73. The Kier molecular flexibility index (Phi) is 6.03. The van der Waals surface area contributed by atoms with Crippen LogP contribution in [-0.4, -0.2) is 60.7 Å². The molecule has 0 aromatic carbocycles. The van der Waals surface area contributed by atoms with Crippen LogP contribution in [-0.2, 0) is 0 Å². The van der Waals surface area contributed by atoms with Crippen LogP contribution in [0.3, 0.4) is 0 Å². The van der Waals surface area contributed by atoms with Gasteiger partial charge in [-0.2, -0.15) is 5.10 Å². The van der Waals surface area contributed by atoms with E-state index in [9.17, 15) is 0 Å². The van der Waals surface area contributed by atoms with E-state index in [0.29, 0.717) is 11.5 Å². The zero-order chi connectivity index (χ0) is 24.4. The van der Waals surface area contributed by atoms with Crippen LogP contribution in [0.4, 0.5) is 0 Å². The summed E-state index contributed by atoms with van der Waals surface area (Å²) in [5, 5.41) is 7.62. The van der Waals surface area contributed by atoms with Gasteiger partial charge < -0.3 is 9.88 Å². The van der Waals surface area contributed by atoms with Crippen molar-refractivity contribution in [3.8, 4) is 22.6 Å². The average Bonchev–Trinajstić information content (AvgIpc) is 3.50. The van der Waals surface area contributed by atoms with Gasteiger partial charge in [-0.1, -0.05) is 24.8 Å². The first-order valence-electron chi connectivity index (χ1n) is 11.3. The lowest BCUT2D eigenvalue weighted by molar-refractivity contribution is 0.449. The Hall–Kier alpha value is -4.43. The van der Waals surface area contributed by atoms with Gasteiger partial charge in [0.05, 0.1) is 22.9 Å². The first-order chi connectivity index (χ1) is 17.1. The highest BCUT2D eigenvalue weighted by Crippen LogP contribution is 2.30. The van der Waals surface area contributed by atoms with Crippen LogP contribution in [0.2, 0.25) is 0 Å². The topological polar surface area (TPSA) is 99.3 Å². The molecule has 0 amide bonds. The maximum atomic E-state index is 4.96. The molecule has 5 rings (SSSR count). The van der Waals surface area contributed by atoms with E-state index in [2.05, 4.69) is 48.8 Å². The Balaban J connectivity index is 1.59. The number of imidazole rings is 1. The van der Waals surface area contributed by atoms with Crippen molar-refractivity contribution < 1.29 is 0 Å². The highest BCUT2D eigenvalue weighted by molar-refractivity contribution is 5.95. The number of aromatic amines is 2. The van der Waals surface area contributed by atoms with Crippen molar-refractivity contribution in [1.82, 2.24) is 40.0 Å². The molecule has 5 aromatic heterocycles. The monoisotopic (exact) mass is 462 g/mol. The second-order valence-corrected chi connectivity index (χ2v) is 8.48. The summed E-state index contributed by atoms with van der Waals surface area (Å²) in [4.78, 5) is 23.9. The SMILES string of the molecule is C=C/C(=C\C(=C/C)c1ccc2[nH]nc(-c3nc4c(-c5cccnc5)cncc4[nH]3)c2n1)CN(C)C. The average molecular weight is 463 g/mol. The van der Waals surface area contributed by atoms with E-state index in [1.54, 1.807) is 18.6 Å². The van der Waals surface area contributed by atoms with Crippen molar-refractivity contribution in [2.45, 2.75) is 6.92 Å². The van der Waals surface area contributed by atoms with Gasteiger partial charge in [-0.25, -0.2) is 9.97 Å². The molecule has 35 heavy (non-hydrogen) atoms. The van der Waals surface area contributed by atoms with Crippen LogP contribution in [0.25, 0.3) is 50.3 Å². The Bertz CT molecular complexity index is 1570. The largest absolute Gasteiger partial charge is 0.335 e. The summed E-state index contributed by atoms with van der Waals surface area (Å²) in [7, 11) is 4.08. The molecule has 0 radical (unpaired) electrons. The van der Waals surface area contributed by atoms with Gasteiger partial charge in [0.1, 0.15) is 11.0 Å². The fourth-order valence-corrected chi connectivity index (χ4v) is 4.04. The number of pyridine rings is 3. The van der Waals surface area contributed by atoms with Crippen molar-refractivity contribution in [2.24, 2.45) is 0 Å². The number of likely N-dealkylation sites (N-methyl/N-ethyl adjacent to an activating group) is 1. The van der Waals surface area contributed by atoms with Gasteiger partial charge in [0.25, 0.3) is 0 Å². The number of nitrogens with zero attached hydrogens (tertiary/aromatic N) is 6. The standard InChI is InChI=1S/C27H26N8/c1-5-17(16-35(3)4)12-18(6-2)21-9-10-22-25(30-21)26(34-33-22)27-31-23-15-29-14-20(24(23)32-27)19-8-7-11-28-13-19/h5-15H,1,16H2,2-4H3,(H,31,32)(H,33,34)/b17-12+,18-6+. The molecule has 174 valence electrons. The predicted molar refractivity (Wildman–Crippen MR) is 140 cm³/mol. The molecule has 0 aliphatic carbocycles. The van der Waals surface area contributed by atoms with Crippen molar-refractivity contribution in [1.29, 1.82) is 0 Å². The van der Waals surface area contributed by atoms with Crippen molar-refractivity contribution in [3.05, 3.63) is 85.1 Å². The van der Waals surface area contributed by atoms with Gasteiger partial charge >= 0.3 is 0 Å². The molecule has 0 saturated carbocycles. The number of hydrogen-bond donors (Lipinski definition) is 2. The van der Waals surface area contributed by atoms with Crippen LogP contribution in [0.15, 0.2) is 79.4 Å². The maximum Gasteiger partial charge on any atom is 0.161 e.